The minimum Gasteiger partial charge on any atom is -0.367 e. The zero-order chi connectivity index (χ0) is 9.97. The number of nitrogens with zero attached hydrogens (tertiary/aromatic N) is 1. The average molecular weight is 194 g/mol. The van der Waals surface area contributed by atoms with Crippen LogP contribution in [0, 0.1) is 0 Å². The molecule has 14 heavy (non-hydrogen) atoms. The predicted octanol–water partition coefficient (Wildman–Crippen LogP) is 0.0397. The van der Waals surface area contributed by atoms with Gasteiger partial charge in [-0.15, -0.1) is 0 Å². The molecule has 2 amide bonds. The summed E-state index contributed by atoms with van der Waals surface area (Å²) >= 11 is 0. The molecule has 2 rings (SSSR count). The van der Waals surface area contributed by atoms with Crippen LogP contribution in [-0.4, -0.2) is 35.5 Å². The summed E-state index contributed by atoms with van der Waals surface area (Å²) in [6.07, 6.45) is 3.75. The Morgan fingerprint density at radius 3 is 3.14 bits per heavy atom. The van der Waals surface area contributed by atoms with Crippen LogP contribution in [0.3, 0.4) is 0 Å². The smallest absolute Gasteiger partial charge is 0.318 e. The zero-order valence-electron chi connectivity index (χ0n) is 7.86. The first-order valence-electron chi connectivity index (χ1n) is 4.69. The molecule has 5 heteroatoms. The van der Waals surface area contributed by atoms with Crippen molar-refractivity contribution in [2.24, 2.45) is 5.73 Å². The van der Waals surface area contributed by atoms with E-state index in [4.69, 9.17) is 5.73 Å². The van der Waals surface area contributed by atoms with Gasteiger partial charge in [0.05, 0.1) is 6.04 Å². The minimum atomic E-state index is -0.0262. The van der Waals surface area contributed by atoms with Crippen LogP contribution in [0.25, 0.3) is 0 Å². The second kappa shape index (κ2) is 3.71. The lowest BCUT2D eigenvalue weighted by atomic mass is 10.1. The van der Waals surface area contributed by atoms with Crippen LogP contribution < -0.4 is 11.1 Å². The summed E-state index contributed by atoms with van der Waals surface area (Å²) in [5, 5.41) is 2.90. The Kier molecular flexibility index (Phi) is 2.41. The fourth-order valence-corrected chi connectivity index (χ4v) is 1.68. The lowest BCUT2D eigenvalue weighted by Crippen LogP contribution is -2.32. The number of nitrogens with one attached hydrogen (secondary N) is 2. The molecular weight excluding hydrogens is 180 g/mol. The van der Waals surface area contributed by atoms with E-state index in [9.17, 15) is 4.79 Å². The molecule has 0 bridgehead atoms. The van der Waals surface area contributed by atoms with Gasteiger partial charge >= 0.3 is 6.03 Å². The largest absolute Gasteiger partial charge is 0.367 e. The highest BCUT2D eigenvalue weighted by Crippen LogP contribution is 2.18. The van der Waals surface area contributed by atoms with Gasteiger partial charge in [-0.25, -0.2) is 4.79 Å². The maximum Gasteiger partial charge on any atom is 0.318 e. The molecule has 1 aliphatic rings. The van der Waals surface area contributed by atoms with Crippen molar-refractivity contribution in [3.8, 4) is 0 Å². The van der Waals surface area contributed by atoms with Gasteiger partial charge in [0.2, 0.25) is 0 Å². The lowest BCUT2D eigenvalue weighted by molar-refractivity contribution is 0.218. The van der Waals surface area contributed by atoms with Crippen LogP contribution >= 0.6 is 0 Å². The van der Waals surface area contributed by atoms with E-state index >= 15 is 0 Å². The van der Waals surface area contributed by atoms with Gasteiger partial charge in [-0.3, -0.25) is 0 Å². The fourth-order valence-electron chi connectivity index (χ4n) is 1.68. The molecule has 76 valence electrons. The van der Waals surface area contributed by atoms with Gasteiger partial charge in [0.15, 0.2) is 0 Å². The first-order valence-corrected chi connectivity index (χ1v) is 4.69. The molecule has 0 radical (unpaired) electrons. The summed E-state index contributed by atoms with van der Waals surface area (Å²) in [4.78, 5) is 16.1. The summed E-state index contributed by atoms with van der Waals surface area (Å²) in [6.45, 7) is 1.83. The van der Waals surface area contributed by atoms with Crippen LogP contribution in [0.15, 0.2) is 18.5 Å². The third-order valence-corrected chi connectivity index (χ3v) is 2.41. The van der Waals surface area contributed by atoms with Gasteiger partial charge in [-0.2, -0.15) is 0 Å². The number of hydrogen-bond acceptors (Lipinski definition) is 2. The van der Waals surface area contributed by atoms with Crippen LogP contribution in [0.5, 0.6) is 0 Å². The number of rotatable bonds is 3. The van der Waals surface area contributed by atoms with Crippen LogP contribution in [0.1, 0.15) is 11.6 Å². The third-order valence-electron chi connectivity index (χ3n) is 2.41. The summed E-state index contributed by atoms with van der Waals surface area (Å²) in [5.74, 6) is 0. The number of aromatic nitrogens is 1. The number of aromatic amines is 1. The van der Waals surface area contributed by atoms with Gasteiger partial charge in [-0.1, -0.05) is 0 Å². The predicted molar refractivity (Wildman–Crippen MR) is 52.7 cm³/mol. The molecule has 1 saturated heterocycles. The van der Waals surface area contributed by atoms with E-state index < -0.39 is 0 Å². The molecule has 1 unspecified atom stereocenters. The lowest BCUT2D eigenvalue weighted by Gasteiger charge is -2.12. The normalized spacial score (nSPS) is 21.4. The Labute approximate surface area is 82.3 Å². The molecule has 0 aliphatic carbocycles. The first kappa shape index (κ1) is 9.08. The summed E-state index contributed by atoms with van der Waals surface area (Å²) < 4.78 is 0. The molecule has 2 heterocycles. The highest BCUT2D eigenvalue weighted by atomic mass is 16.2. The van der Waals surface area contributed by atoms with Crippen molar-refractivity contribution in [2.45, 2.75) is 6.04 Å². The fraction of sp³-hybridized carbons (Fsp3) is 0.444. The van der Waals surface area contributed by atoms with Gasteiger partial charge in [0.25, 0.3) is 0 Å². The van der Waals surface area contributed by atoms with E-state index in [0.29, 0.717) is 19.6 Å². The topological polar surface area (TPSA) is 74.2 Å². The molecule has 0 spiro atoms. The number of urea groups is 1. The number of nitrogens with two attached hydrogens (primary N) is 1. The molecule has 1 aromatic heterocycles. The average Bonchev–Trinajstić information content (AvgIpc) is 2.76. The molecule has 1 atom stereocenters. The van der Waals surface area contributed by atoms with Crippen molar-refractivity contribution in [3.05, 3.63) is 24.0 Å². The SMILES string of the molecule is NCCN1CC(c2cc[nH]c2)NC1=O. The van der Waals surface area contributed by atoms with Crippen LogP contribution in [-0.2, 0) is 0 Å². The number of carbonyl (C=O) groups is 1. The van der Waals surface area contributed by atoms with Crippen LogP contribution in [0.2, 0.25) is 0 Å². The van der Waals surface area contributed by atoms with Crippen LogP contribution in [0.4, 0.5) is 4.79 Å². The third kappa shape index (κ3) is 1.58. The monoisotopic (exact) mass is 194 g/mol. The maximum absolute atomic E-state index is 11.4. The Morgan fingerprint density at radius 2 is 2.50 bits per heavy atom. The van der Waals surface area contributed by atoms with Crippen molar-refractivity contribution in [1.82, 2.24) is 15.2 Å². The highest BCUT2D eigenvalue weighted by Gasteiger charge is 2.28. The van der Waals surface area contributed by atoms with Gasteiger partial charge < -0.3 is 20.9 Å². The number of H-pyrrole nitrogens is 1. The van der Waals surface area contributed by atoms with Crippen molar-refractivity contribution in [2.75, 3.05) is 19.6 Å². The van der Waals surface area contributed by atoms with Crippen molar-refractivity contribution in [1.29, 1.82) is 0 Å². The Morgan fingerprint density at radius 1 is 1.64 bits per heavy atom. The van der Waals surface area contributed by atoms with E-state index in [1.807, 2.05) is 18.5 Å². The van der Waals surface area contributed by atoms with Gasteiger partial charge in [-0.05, 0) is 11.6 Å². The Balaban J connectivity index is 2.03. The standard InChI is InChI=1S/C9H14N4O/c10-2-4-13-6-8(12-9(13)14)7-1-3-11-5-7/h1,3,5,8,11H,2,4,6,10H2,(H,12,14). The van der Waals surface area contributed by atoms with Crippen molar-refractivity contribution < 1.29 is 4.79 Å². The summed E-state index contributed by atoms with van der Waals surface area (Å²) in [6, 6.07) is 2.04. The molecule has 1 fully saturated rings. The molecule has 0 aromatic carbocycles. The summed E-state index contributed by atoms with van der Waals surface area (Å²) in [7, 11) is 0. The maximum atomic E-state index is 11.4. The molecule has 1 aromatic rings. The second-order valence-electron chi connectivity index (χ2n) is 3.38. The minimum absolute atomic E-state index is 0.0262. The molecule has 0 saturated carbocycles. The first-order chi connectivity index (χ1) is 6.81. The molecule has 1 aliphatic heterocycles. The van der Waals surface area contributed by atoms with E-state index in [1.165, 1.54) is 0 Å². The number of amides is 2. The van der Waals surface area contributed by atoms with Crippen molar-refractivity contribution in [3.63, 3.8) is 0 Å². The van der Waals surface area contributed by atoms with E-state index in [0.717, 1.165) is 5.56 Å². The van der Waals surface area contributed by atoms with Gasteiger partial charge in [0.1, 0.15) is 0 Å². The molecule has 4 N–H and O–H groups in total. The van der Waals surface area contributed by atoms with E-state index in [1.54, 1.807) is 4.90 Å². The van der Waals surface area contributed by atoms with Crippen molar-refractivity contribution >= 4 is 6.03 Å². The Hall–Kier alpha value is -1.49. The zero-order valence-corrected chi connectivity index (χ0v) is 7.86. The highest BCUT2D eigenvalue weighted by molar-refractivity contribution is 5.77. The van der Waals surface area contributed by atoms with Gasteiger partial charge in [0, 0.05) is 32.0 Å². The summed E-state index contributed by atoms with van der Waals surface area (Å²) in [5.41, 5.74) is 6.52. The Bertz CT molecular complexity index is 309. The number of hydrogen-bond donors (Lipinski definition) is 3. The van der Waals surface area contributed by atoms with E-state index in [-0.39, 0.29) is 12.1 Å². The number of carbonyl (C=O) groups excluding carboxylic acids is 1. The molecule has 5 nitrogen and oxygen atoms in total. The second-order valence-corrected chi connectivity index (χ2v) is 3.38. The quantitative estimate of drug-likeness (QED) is 0.635. The molecular formula is C9H14N4O. The van der Waals surface area contributed by atoms with E-state index in [2.05, 4.69) is 10.3 Å².